The van der Waals surface area contributed by atoms with Gasteiger partial charge >= 0.3 is 0 Å². The number of aryl methyl sites for hydroxylation is 1. The van der Waals surface area contributed by atoms with Gasteiger partial charge in [0.1, 0.15) is 28.7 Å². The van der Waals surface area contributed by atoms with Crippen molar-refractivity contribution in [2.75, 3.05) is 5.73 Å². The van der Waals surface area contributed by atoms with E-state index in [-0.39, 0.29) is 29.8 Å². The van der Waals surface area contributed by atoms with E-state index >= 15 is 0 Å². The summed E-state index contributed by atoms with van der Waals surface area (Å²) in [7, 11) is 0. The number of hydrogen-bond acceptors (Lipinski definition) is 7. The highest BCUT2D eigenvalue weighted by Crippen LogP contribution is 2.30. The Morgan fingerprint density at radius 2 is 1.09 bits per heavy atom. The van der Waals surface area contributed by atoms with Gasteiger partial charge in [0, 0.05) is 93.7 Å². The summed E-state index contributed by atoms with van der Waals surface area (Å²) in [5, 5.41) is 0.953. The molecule has 0 unspecified atom stereocenters. The van der Waals surface area contributed by atoms with Gasteiger partial charge in [-0.15, -0.1) is 0 Å². The van der Waals surface area contributed by atoms with E-state index in [9.17, 15) is 27.2 Å². The lowest BCUT2D eigenvalue weighted by molar-refractivity contribution is 0.102. The van der Waals surface area contributed by atoms with Crippen molar-refractivity contribution < 1.29 is 27.2 Å². The molecule has 0 spiro atoms. The monoisotopic (exact) mass is 715 g/mol. The molecule has 0 saturated carbocycles. The molecule has 0 aliphatic rings. The molecule has 0 atom stereocenters. The minimum atomic E-state index is -1.07. The van der Waals surface area contributed by atoms with Crippen LogP contribution in [-0.4, -0.2) is 41.5 Å². The largest absolute Gasteiger partial charge is 0.396 e. The third-order valence-electron chi connectivity index (χ3n) is 8.40. The maximum Gasteiger partial charge on any atom is 0.201 e. The number of hydrogen-bond donors (Lipinski definition) is 3. The number of halogens is 4. The first-order chi connectivity index (χ1) is 25.1. The minimum Gasteiger partial charge on any atom is -0.396 e. The lowest BCUT2D eigenvalue weighted by atomic mass is 9.99. The maximum absolute atomic E-state index is 14.4. The molecule has 9 nitrogen and oxygen atoms in total. The Balaban J connectivity index is 0.000000178. The fourth-order valence-electron chi connectivity index (χ4n) is 5.68. The molecule has 2 aromatic carbocycles. The van der Waals surface area contributed by atoms with Gasteiger partial charge in [-0.25, -0.2) is 27.5 Å². The number of aromatic nitrogens is 6. The molecule has 264 valence electrons. The molecule has 0 saturated heterocycles. The second kappa shape index (κ2) is 14.7. The van der Waals surface area contributed by atoms with E-state index in [1.54, 1.807) is 61.4 Å². The van der Waals surface area contributed by atoms with Gasteiger partial charge in [-0.3, -0.25) is 19.6 Å². The number of fused-ring (bicyclic) bond motifs is 2. The SMILES string of the molecule is C.Cc1ccc(F)c(C(=O)c2c[nH]c3ncc(-c4cccnc4)cc23)c1F.Nc1ccc(F)c(C(=O)c2c[nH]c3ncc(-c4cccnc4)cc23)c1F. The summed E-state index contributed by atoms with van der Waals surface area (Å²) < 4.78 is 56.8. The summed E-state index contributed by atoms with van der Waals surface area (Å²) in [4.78, 5) is 48.0. The molecule has 4 N–H and O–H groups in total. The van der Waals surface area contributed by atoms with E-state index in [0.717, 1.165) is 40.5 Å². The number of H-pyrrole nitrogens is 2. The number of ketones is 2. The summed E-state index contributed by atoms with van der Waals surface area (Å²) >= 11 is 0. The summed E-state index contributed by atoms with van der Waals surface area (Å²) in [6.07, 6.45) is 12.7. The van der Waals surface area contributed by atoms with Crippen LogP contribution in [0.25, 0.3) is 44.3 Å². The molecule has 0 aliphatic heterocycles. The molecule has 0 radical (unpaired) electrons. The van der Waals surface area contributed by atoms with Crippen molar-refractivity contribution in [2.24, 2.45) is 0 Å². The number of pyridine rings is 4. The van der Waals surface area contributed by atoms with Crippen molar-refractivity contribution in [3.63, 3.8) is 0 Å². The van der Waals surface area contributed by atoms with Crippen molar-refractivity contribution in [3.8, 4) is 22.3 Å². The van der Waals surface area contributed by atoms with Crippen LogP contribution >= 0.6 is 0 Å². The fourth-order valence-corrected chi connectivity index (χ4v) is 5.68. The molecule has 0 fully saturated rings. The highest BCUT2D eigenvalue weighted by Gasteiger charge is 2.25. The summed E-state index contributed by atoms with van der Waals surface area (Å²) in [6, 6.07) is 15.2. The Kier molecular flexibility index (Phi) is 9.92. The minimum absolute atomic E-state index is 0. The Bertz CT molecular complexity index is 2460. The van der Waals surface area contributed by atoms with Crippen LogP contribution in [-0.2, 0) is 0 Å². The van der Waals surface area contributed by atoms with Gasteiger partial charge in [-0.1, -0.05) is 25.6 Å². The quantitative estimate of drug-likeness (QED) is 0.0887. The zero-order valence-corrected chi connectivity index (χ0v) is 27.1. The van der Waals surface area contributed by atoms with E-state index < -0.39 is 46.0 Å². The van der Waals surface area contributed by atoms with Crippen LogP contribution in [0.2, 0.25) is 0 Å². The Hall–Kier alpha value is -7.02. The van der Waals surface area contributed by atoms with Gasteiger partial charge in [0.25, 0.3) is 0 Å². The average molecular weight is 716 g/mol. The van der Waals surface area contributed by atoms with Crippen LogP contribution < -0.4 is 5.73 Å². The van der Waals surface area contributed by atoms with Crippen molar-refractivity contribution in [3.05, 3.63) is 161 Å². The molecule has 0 amide bonds. The summed E-state index contributed by atoms with van der Waals surface area (Å²) in [6.45, 7) is 1.49. The smallest absolute Gasteiger partial charge is 0.201 e. The second-order valence-electron chi connectivity index (χ2n) is 11.7. The van der Waals surface area contributed by atoms with E-state index in [2.05, 4.69) is 29.9 Å². The zero-order chi connectivity index (χ0) is 36.5. The maximum atomic E-state index is 14.4. The number of carbonyl (C=O) groups excluding carboxylic acids is 2. The van der Waals surface area contributed by atoms with Gasteiger partial charge in [-0.05, 0) is 55.0 Å². The predicted octanol–water partition coefficient (Wildman–Crippen LogP) is 8.79. The number of nitrogens with one attached hydrogen (secondary N) is 2. The zero-order valence-electron chi connectivity index (χ0n) is 27.1. The van der Waals surface area contributed by atoms with E-state index in [1.165, 1.54) is 25.4 Å². The molecule has 53 heavy (non-hydrogen) atoms. The Morgan fingerprint density at radius 1 is 0.623 bits per heavy atom. The summed E-state index contributed by atoms with van der Waals surface area (Å²) in [5.41, 5.74) is 8.46. The number of nitrogens with zero attached hydrogens (tertiary/aromatic N) is 4. The second-order valence-corrected chi connectivity index (χ2v) is 11.7. The molecular formula is C40H29F4N7O2. The van der Waals surface area contributed by atoms with Gasteiger partial charge in [0.2, 0.25) is 11.6 Å². The van der Waals surface area contributed by atoms with Gasteiger partial charge in [-0.2, -0.15) is 0 Å². The standard InChI is InChI=1S/C20H13F2N3O.C19H12F2N4O.CH4/c1-11-4-5-16(21)17(18(11)22)19(26)15-10-25-20-14(15)7-13(9-24-20)12-3-2-6-23-8-12;20-14-3-4-15(22)17(21)16(14)18(26)13-9-25-19-12(13)6-11(8-24-19)10-2-1-5-23-7-10;/h2-10H,1H3,(H,24,25);1-9H,22H2,(H,24,25);1H4. The molecule has 0 aliphatic carbocycles. The van der Waals surface area contributed by atoms with Crippen LogP contribution in [0.4, 0.5) is 23.2 Å². The van der Waals surface area contributed by atoms with Crippen LogP contribution in [0.15, 0.2) is 110 Å². The number of carbonyl (C=O) groups is 2. The molecule has 8 aromatic rings. The predicted molar refractivity (Wildman–Crippen MR) is 194 cm³/mol. The van der Waals surface area contributed by atoms with Crippen LogP contribution in [0.5, 0.6) is 0 Å². The number of nitrogen functional groups attached to an aromatic ring is 1. The fraction of sp³-hybridized carbons (Fsp3) is 0.0500. The molecular weight excluding hydrogens is 686 g/mol. The van der Waals surface area contributed by atoms with E-state index in [4.69, 9.17) is 5.73 Å². The third-order valence-corrected chi connectivity index (χ3v) is 8.40. The van der Waals surface area contributed by atoms with E-state index in [0.29, 0.717) is 22.1 Å². The molecule has 13 heteroatoms. The lowest BCUT2D eigenvalue weighted by Gasteiger charge is -2.06. The first-order valence-electron chi connectivity index (χ1n) is 15.6. The average Bonchev–Trinajstić information content (AvgIpc) is 3.80. The van der Waals surface area contributed by atoms with Crippen molar-refractivity contribution in [2.45, 2.75) is 14.4 Å². The van der Waals surface area contributed by atoms with Crippen LogP contribution in [0.3, 0.4) is 0 Å². The first kappa shape index (κ1) is 35.8. The number of aromatic amines is 2. The Morgan fingerprint density at radius 3 is 1.57 bits per heavy atom. The Labute approximate surface area is 299 Å². The van der Waals surface area contributed by atoms with Gasteiger partial charge in [0.15, 0.2) is 5.82 Å². The lowest BCUT2D eigenvalue weighted by Crippen LogP contribution is -2.09. The number of rotatable bonds is 6. The molecule has 0 bridgehead atoms. The van der Waals surface area contributed by atoms with E-state index in [1.807, 2.05) is 12.1 Å². The van der Waals surface area contributed by atoms with Crippen LogP contribution in [0.1, 0.15) is 44.8 Å². The molecule has 6 heterocycles. The molecule has 8 rings (SSSR count). The normalized spacial score (nSPS) is 10.8. The van der Waals surface area contributed by atoms with Gasteiger partial charge in [0.05, 0.1) is 16.8 Å². The highest BCUT2D eigenvalue weighted by atomic mass is 19.1. The number of anilines is 1. The van der Waals surface area contributed by atoms with Gasteiger partial charge < -0.3 is 15.7 Å². The number of nitrogens with two attached hydrogens (primary N) is 1. The number of benzene rings is 2. The van der Waals surface area contributed by atoms with Crippen molar-refractivity contribution >= 4 is 39.3 Å². The van der Waals surface area contributed by atoms with Crippen LogP contribution in [0, 0.1) is 30.2 Å². The highest BCUT2D eigenvalue weighted by molar-refractivity contribution is 6.17. The van der Waals surface area contributed by atoms with Crippen molar-refractivity contribution in [1.82, 2.24) is 29.9 Å². The molecule has 6 aromatic heterocycles. The first-order valence-corrected chi connectivity index (χ1v) is 15.6. The third kappa shape index (κ3) is 6.75. The van der Waals surface area contributed by atoms with Crippen molar-refractivity contribution in [1.29, 1.82) is 0 Å². The topological polar surface area (TPSA) is 143 Å². The summed E-state index contributed by atoms with van der Waals surface area (Å²) in [5.74, 6) is -5.29.